The fourth-order valence-corrected chi connectivity index (χ4v) is 2.40. The summed E-state index contributed by atoms with van der Waals surface area (Å²) in [6.45, 7) is 0.636. The van der Waals surface area contributed by atoms with Crippen molar-refractivity contribution >= 4 is 23.2 Å². The molecule has 0 spiro atoms. The zero-order valence-electron chi connectivity index (χ0n) is 15.6. The fourth-order valence-electron chi connectivity index (χ4n) is 2.40. The Bertz CT molecular complexity index is 764. The Kier molecular flexibility index (Phi) is 8.12. The normalized spacial score (nSPS) is 10.1. The van der Waals surface area contributed by atoms with E-state index in [-0.39, 0.29) is 18.4 Å². The maximum Gasteiger partial charge on any atom is 0.262 e. The van der Waals surface area contributed by atoms with E-state index in [1.165, 1.54) is 0 Å². The number of ether oxygens (including phenoxy) is 2. The molecule has 0 heterocycles. The molecule has 0 atom stereocenters. The van der Waals surface area contributed by atoms with Gasteiger partial charge in [-0.25, -0.2) is 0 Å². The third-order valence-electron chi connectivity index (χ3n) is 3.69. The summed E-state index contributed by atoms with van der Waals surface area (Å²) in [5, 5.41) is 8.57. The van der Waals surface area contributed by atoms with Gasteiger partial charge < -0.3 is 25.4 Å². The van der Waals surface area contributed by atoms with Gasteiger partial charge in [-0.05, 0) is 50.3 Å². The lowest BCUT2D eigenvalue weighted by Gasteiger charge is -2.11. The second-order valence-electron chi connectivity index (χ2n) is 5.82. The average molecular weight is 371 g/mol. The minimum atomic E-state index is -0.307. The van der Waals surface area contributed by atoms with Crippen molar-refractivity contribution in [2.75, 3.05) is 37.9 Å². The van der Waals surface area contributed by atoms with E-state index in [0.29, 0.717) is 29.3 Å². The van der Waals surface area contributed by atoms with Gasteiger partial charge in [-0.15, -0.1) is 0 Å². The molecule has 2 aromatic rings. The number of hydrogen-bond acceptors (Lipinski definition) is 5. The van der Waals surface area contributed by atoms with E-state index in [1.54, 1.807) is 49.6 Å². The van der Waals surface area contributed by atoms with Crippen molar-refractivity contribution < 1.29 is 19.1 Å². The Morgan fingerprint density at radius 3 is 2.26 bits per heavy atom. The van der Waals surface area contributed by atoms with Crippen molar-refractivity contribution in [2.24, 2.45) is 0 Å². The number of para-hydroxylation sites is 2. The first kappa shape index (κ1) is 20.3. The monoisotopic (exact) mass is 371 g/mol. The van der Waals surface area contributed by atoms with Crippen LogP contribution in [0.1, 0.15) is 12.8 Å². The first-order valence-electron chi connectivity index (χ1n) is 8.72. The van der Waals surface area contributed by atoms with E-state index >= 15 is 0 Å². The standard InChI is InChI=1S/C20H25N3O4/c1-21-12-6-11-19(24)22-15-7-5-8-16(13-15)23-20(25)14-27-18-10-4-3-9-17(18)26-2/h3-5,7-10,13,21H,6,11-12,14H2,1-2H3,(H,22,24)(H,23,25). The second-order valence-corrected chi connectivity index (χ2v) is 5.82. The molecule has 0 saturated heterocycles. The number of nitrogens with one attached hydrogen (secondary N) is 3. The van der Waals surface area contributed by atoms with E-state index in [2.05, 4.69) is 16.0 Å². The van der Waals surface area contributed by atoms with Crippen LogP contribution in [-0.4, -0.2) is 39.1 Å². The summed E-state index contributed by atoms with van der Waals surface area (Å²) < 4.78 is 10.7. The van der Waals surface area contributed by atoms with Crippen molar-refractivity contribution in [3.05, 3.63) is 48.5 Å². The molecule has 27 heavy (non-hydrogen) atoms. The Morgan fingerprint density at radius 1 is 0.926 bits per heavy atom. The van der Waals surface area contributed by atoms with Crippen molar-refractivity contribution in [2.45, 2.75) is 12.8 Å². The molecule has 0 unspecified atom stereocenters. The molecular formula is C20H25N3O4. The lowest BCUT2D eigenvalue weighted by molar-refractivity contribution is -0.118. The van der Waals surface area contributed by atoms with Crippen LogP contribution in [-0.2, 0) is 9.59 Å². The van der Waals surface area contributed by atoms with E-state index in [9.17, 15) is 9.59 Å². The van der Waals surface area contributed by atoms with Gasteiger partial charge >= 0.3 is 0 Å². The minimum Gasteiger partial charge on any atom is -0.493 e. The summed E-state index contributed by atoms with van der Waals surface area (Å²) in [6, 6.07) is 14.1. The van der Waals surface area contributed by atoms with Crippen LogP contribution in [0.5, 0.6) is 11.5 Å². The molecular weight excluding hydrogens is 346 g/mol. The van der Waals surface area contributed by atoms with Crippen LogP contribution in [0.4, 0.5) is 11.4 Å². The van der Waals surface area contributed by atoms with Crippen molar-refractivity contribution in [1.29, 1.82) is 0 Å². The summed E-state index contributed by atoms with van der Waals surface area (Å²) in [5.74, 6) is 0.692. The first-order chi connectivity index (χ1) is 13.1. The number of rotatable bonds is 10. The number of hydrogen-bond donors (Lipinski definition) is 3. The van der Waals surface area contributed by atoms with E-state index in [1.807, 2.05) is 13.1 Å². The van der Waals surface area contributed by atoms with Crippen LogP contribution in [0, 0.1) is 0 Å². The molecule has 2 aromatic carbocycles. The highest BCUT2D eigenvalue weighted by Gasteiger charge is 2.08. The summed E-state index contributed by atoms with van der Waals surface area (Å²) in [4.78, 5) is 24.0. The summed E-state index contributed by atoms with van der Waals surface area (Å²) in [6.07, 6.45) is 1.20. The maximum absolute atomic E-state index is 12.1. The van der Waals surface area contributed by atoms with Crippen LogP contribution in [0.15, 0.2) is 48.5 Å². The summed E-state index contributed by atoms with van der Waals surface area (Å²) in [5.41, 5.74) is 1.21. The third kappa shape index (κ3) is 6.99. The molecule has 0 saturated carbocycles. The fraction of sp³-hybridized carbons (Fsp3) is 0.300. The highest BCUT2D eigenvalue weighted by Crippen LogP contribution is 2.25. The molecule has 0 aromatic heterocycles. The van der Waals surface area contributed by atoms with Gasteiger partial charge in [-0.1, -0.05) is 18.2 Å². The highest BCUT2D eigenvalue weighted by molar-refractivity contribution is 5.94. The Balaban J connectivity index is 1.86. The van der Waals surface area contributed by atoms with Gasteiger partial charge in [-0.2, -0.15) is 0 Å². The Labute approximate surface area is 159 Å². The predicted molar refractivity (Wildman–Crippen MR) is 105 cm³/mol. The molecule has 2 rings (SSSR count). The Hall–Kier alpha value is -3.06. The molecule has 7 heteroatoms. The molecule has 0 radical (unpaired) electrons. The SMILES string of the molecule is CNCCCC(=O)Nc1cccc(NC(=O)COc2ccccc2OC)c1. The first-order valence-corrected chi connectivity index (χ1v) is 8.72. The summed E-state index contributed by atoms with van der Waals surface area (Å²) >= 11 is 0. The van der Waals surface area contributed by atoms with Crippen LogP contribution in [0.3, 0.4) is 0 Å². The maximum atomic E-state index is 12.1. The minimum absolute atomic E-state index is 0.0618. The number of carbonyl (C=O) groups excluding carboxylic acids is 2. The van der Waals surface area contributed by atoms with Crippen LogP contribution >= 0.6 is 0 Å². The second kappa shape index (κ2) is 10.8. The number of amides is 2. The molecule has 0 aliphatic rings. The van der Waals surface area contributed by atoms with Gasteiger partial charge in [-0.3, -0.25) is 9.59 Å². The molecule has 3 N–H and O–H groups in total. The van der Waals surface area contributed by atoms with Crippen LogP contribution in [0.25, 0.3) is 0 Å². The van der Waals surface area contributed by atoms with Crippen LogP contribution in [0.2, 0.25) is 0 Å². The number of benzene rings is 2. The molecule has 144 valence electrons. The molecule has 2 amide bonds. The quantitative estimate of drug-likeness (QED) is 0.559. The van der Waals surface area contributed by atoms with Crippen molar-refractivity contribution in [3.8, 4) is 11.5 Å². The zero-order valence-corrected chi connectivity index (χ0v) is 15.6. The average Bonchev–Trinajstić information content (AvgIpc) is 2.67. The Morgan fingerprint density at radius 2 is 1.59 bits per heavy atom. The molecule has 0 aliphatic carbocycles. The van der Waals surface area contributed by atoms with Crippen molar-refractivity contribution in [3.63, 3.8) is 0 Å². The molecule has 0 aliphatic heterocycles. The van der Waals surface area contributed by atoms with E-state index in [0.717, 1.165) is 13.0 Å². The van der Waals surface area contributed by atoms with Gasteiger partial charge in [0.2, 0.25) is 5.91 Å². The van der Waals surface area contributed by atoms with Gasteiger partial charge in [0.1, 0.15) is 0 Å². The van der Waals surface area contributed by atoms with E-state index < -0.39 is 0 Å². The largest absolute Gasteiger partial charge is 0.493 e. The third-order valence-corrected chi connectivity index (χ3v) is 3.69. The molecule has 0 bridgehead atoms. The van der Waals surface area contributed by atoms with Gasteiger partial charge in [0.25, 0.3) is 5.91 Å². The zero-order chi connectivity index (χ0) is 19.5. The number of carbonyl (C=O) groups is 2. The number of anilines is 2. The number of methoxy groups -OCH3 is 1. The van der Waals surface area contributed by atoms with Gasteiger partial charge in [0.05, 0.1) is 7.11 Å². The molecule has 0 fully saturated rings. The van der Waals surface area contributed by atoms with Gasteiger partial charge in [0, 0.05) is 17.8 Å². The molecule has 7 nitrogen and oxygen atoms in total. The smallest absolute Gasteiger partial charge is 0.262 e. The predicted octanol–water partition coefficient (Wildman–Crippen LogP) is 2.65. The highest BCUT2D eigenvalue weighted by atomic mass is 16.5. The van der Waals surface area contributed by atoms with Gasteiger partial charge in [0.15, 0.2) is 18.1 Å². The lowest BCUT2D eigenvalue weighted by atomic mass is 10.2. The van der Waals surface area contributed by atoms with E-state index in [4.69, 9.17) is 9.47 Å². The summed E-state index contributed by atoms with van der Waals surface area (Å²) in [7, 11) is 3.39. The topological polar surface area (TPSA) is 88.7 Å². The van der Waals surface area contributed by atoms with Crippen LogP contribution < -0.4 is 25.4 Å². The lowest BCUT2D eigenvalue weighted by Crippen LogP contribution is -2.20. The van der Waals surface area contributed by atoms with Crippen molar-refractivity contribution in [1.82, 2.24) is 5.32 Å².